The van der Waals surface area contributed by atoms with Crippen LogP contribution >= 0.6 is 11.9 Å². The van der Waals surface area contributed by atoms with Gasteiger partial charge in [0.05, 0.1) is 0 Å². The van der Waals surface area contributed by atoms with Gasteiger partial charge in [-0.1, -0.05) is 0 Å². The predicted molar refractivity (Wildman–Crippen MR) is 14.6 cm³/mol. The maximum absolute atomic E-state index is 3.92. The van der Waals surface area contributed by atoms with Gasteiger partial charge in [0, 0.05) is 51.9 Å². The molecular weight excluding hydrogens is 284 g/mol. The van der Waals surface area contributed by atoms with Crippen LogP contribution in [0.5, 0.6) is 0 Å². The van der Waals surface area contributed by atoms with Gasteiger partial charge in [-0.15, -0.1) is 0 Å². The second-order valence-electron chi connectivity index (χ2n) is 0.204. The minimum absolute atomic E-state index is 0. The standard InChI is InChI=1S/Au.Na.O2S/c;;1-2-3-1. The zero-order chi connectivity index (χ0) is 2.12. The summed E-state index contributed by atoms with van der Waals surface area (Å²) in [5, 5.41) is 0. The molecule has 0 aliphatic carbocycles. The molecule has 0 aromatic carbocycles. The smallest absolute Gasteiger partial charge is 0.168 e. The number of hydrogen-bond donors (Lipinski definition) is 0. The topological polar surface area (TPSA) is 26.3 Å². The van der Waals surface area contributed by atoms with Gasteiger partial charge in [0.25, 0.3) is 0 Å². The van der Waals surface area contributed by atoms with E-state index in [-0.39, 0.29) is 51.9 Å². The first-order chi connectivity index (χ1) is 1.50. The van der Waals surface area contributed by atoms with E-state index in [1.54, 1.807) is 0 Å². The summed E-state index contributed by atoms with van der Waals surface area (Å²) in [6.07, 6.45) is 0. The Labute approximate surface area is 71.1 Å². The van der Waals surface area contributed by atoms with Crippen molar-refractivity contribution < 1.29 is 30.4 Å². The minimum Gasteiger partial charge on any atom is -0.168 e. The van der Waals surface area contributed by atoms with Crippen molar-refractivity contribution in [3.05, 3.63) is 0 Å². The summed E-state index contributed by atoms with van der Waals surface area (Å²) in [6.45, 7) is 0. The fourth-order valence-corrected chi connectivity index (χ4v) is 0. The van der Waals surface area contributed by atoms with Crippen molar-refractivity contribution in [1.82, 2.24) is 0 Å². The van der Waals surface area contributed by atoms with E-state index in [2.05, 4.69) is 8.02 Å². The fraction of sp³-hybridized carbons (Fsp3) is 0. The molecule has 30 valence electrons. The van der Waals surface area contributed by atoms with E-state index in [0.717, 1.165) is 11.9 Å². The normalized spacial score (nSPS) is 4.80. The van der Waals surface area contributed by atoms with Crippen LogP contribution in [0, 0.1) is 0 Å². The first-order valence-corrected chi connectivity index (χ1v) is 1.17. The van der Waals surface area contributed by atoms with E-state index in [0.29, 0.717) is 0 Å². The summed E-state index contributed by atoms with van der Waals surface area (Å²) >= 11 is 1.000. The molecule has 0 bridgehead atoms. The molecule has 1 rings (SSSR count). The van der Waals surface area contributed by atoms with Crippen molar-refractivity contribution in [3.8, 4) is 0 Å². The van der Waals surface area contributed by atoms with Crippen LogP contribution in [0.3, 0.4) is 0 Å². The van der Waals surface area contributed by atoms with Gasteiger partial charge in [-0.05, 0) is 0 Å². The van der Waals surface area contributed by atoms with Crippen molar-refractivity contribution in [2.75, 3.05) is 0 Å². The molecule has 0 aliphatic heterocycles. The van der Waals surface area contributed by atoms with Crippen LogP contribution in [0.1, 0.15) is 0 Å². The molecular formula is AuNaO2S. The second-order valence-corrected chi connectivity index (χ2v) is 0.612. The third kappa shape index (κ3) is 10.8. The van der Waals surface area contributed by atoms with Gasteiger partial charge < -0.3 is 0 Å². The molecule has 5 heteroatoms. The molecule has 0 amide bonds. The summed E-state index contributed by atoms with van der Waals surface area (Å²) in [5.41, 5.74) is 0. The maximum Gasteiger partial charge on any atom is 0.335 e. The van der Waals surface area contributed by atoms with E-state index in [4.69, 9.17) is 0 Å². The summed E-state index contributed by atoms with van der Waals surface area (Å²) in [4.78, 5) is 0. The van der Waals surface area contributed by atoms with Gasteiger partial charge in [0.2, 0.25) is 0 Å². The largest absolute Gasteiger partial charge is 0.335 e. The first kappa shape index (κ1) is 9.75. The van der Waals surface area contributed by atoms with Gasteiger partial charge in [-0.25, -0.2) is 0 Å². The Morgan fingerprint density at radius 1 is 1.20 bits per heavy atom. The Kier molecular flexibility index (Phi) is 10.8. The SMILES string of the molecule is [Au].[Na].o1os1. The molecule has 0 atom stereocenters. The van der Waals surface area contributed by atoms with Gasteiger partial charge in [0.15, 0.2) is 0 Å². The molecule has 1 heterocycles. The minimum atomic E-state index is 0. The molecule has 1 aromatic rings. The molecule has 0 unspecified atom stereocenters. The van der Waals surface area contributed by atoms with E-state index >= 15 is 0 Å². The monoisotopic (exact) mass is 284 g/mol. The zero-order valence-corrected chi connectivity index (χ0v) is 7.51. The Bertz CT molecular complexity index is 37.7. The van der Waals surface area contributed by atoms with Crippen LogP contribution in [0.25, 0.3) is 0 Å². The Morgan fingerprint density at radius 2 is 1.40 bits per heavy atom. The van der Waals surface area contributed by atoms with Gasteiger partial charge in [-0.3, -0.25) is 0 Å². The van der Waals surface area contributed by atoms with Crippen molar-refractivity contribution in [2.24, 2.45) is 0 Å². The summed E-state index contributed by atoms with van der Waals surface area (Å²) in [7, 11) is 0. The van der Waals surface area contributed by atoms with Crippen LogP contribution in [-0.2, 0) is 22.4 Å². The van der Waals surface area contributed by atoms with Gasteiger partial charge in [-0.2, -0.15) is 8.02 Å². The molecule has 0 fully saturated rings. The molecule has 2 nitrogen and oxygen atoms in total. The summed E-state index contributed by atoms with van der Waals surface area (Å²) in [5.74, 6) is 0. The Morgan fingerprint density at radius 3 is 1.40 bits per heavy atom. The molecule has 0 N–H and O–H groups in total. The average molecular weight is 284 g/mol. The molecule has 1 aromatic heterocycles. The maximum atomic E-state index is 3.92. The zero-order valence-electron chi connectivity index (χ0n) is 2.53. The Hall–Kier alpha value is 1.56. The third-order valence-electron chi connectivity index (χ3n) is 0.0680. The molecule has 0 aliphatic rings. The molecule has 5 heavy (non-hydrogen) atoms. The fourth-order valence-electron chi connectivity index (χ4n) is 0. The van der Waals surface area contributed by atoms with E-state index in [1.165, 1.54) is 0 Å². The van der Waals surface area contributed by atoms with Crippen LogP contribution in [0.2, 0.25) is 0 Å². The molecule has 0 spiro atoms. The van der Waals surface area contributed by atoms with Crippen molar-refractivity contribution in [3.63, 3.8) is 0 Å². The van der Waals surface area contributed by atoms with Crippen LogP contribution in [0.15, 0.2) is 8.02 Å². The van der Waals surface area contributed by atoms with Crippen LogP contribution in [0.4, 0.5) is 0 Å². The van der Waals surface area contributed by atoms with Crippen LogP contribution < -0.4 is 0 Å². The second kappa shape index (κ2) is 5.56. The summed E-state index contributed by atoms with van der Waals surface area (Å²) < 4.78 is 7.83. The summed E-state index contributed by atoms with van der Waals surface area (Å²) in [6, 6.07) is 0. The number of hydrogen-bond acceptors (Lipinski definition) is 3. The van der Waals surface area contributed by atoms with Gasteiger partial charge in [0.1, 0.15) is 0 Å². The van der Waals surface area contributed by atoms with Crippen molar-refractivity contribution in [2.45, 2.75) is 0 Å². The quantitative estimate of drug-likeness (QED) is 0.514. The van der Waals surface area contributed by atoms with Crippen molar-refractivity contribution in [1.29, 1.82) is 0 Å². The first-order valence-electron chi connectivity index (χ1n) is 0.500. The third-order valence-corrected chi connectivity index (χ3v) is 0.204. The molecule has 0 saturated heterocycles. The van der Waals surface area contributed by atoms with E-state index in [1.807, 2.05) is 0 Å². The van der Waals surface area contributed by atoms with Gasteiger partial charge >= 0.3 is 11.9 Å². The predicted octanol–water partition coefficient (Wildman–Crippen LogP) is 0.551. The van der Waals surface area contributed by atoms with E-state index in [9.17, 15) is 0 Å². The molecule has 0 saturated carbocycles. The number of rotatable bonds is 0. The van der Waals surface area contributed by atoms with Crippen LogP contribution in [-0.4, -0.2) is 29.6 Å². The Balaban J connectivity index is 0. The van der Waals surface area contributed by atoms with Crippen molar-refractivity contribution >= 4 is 41.5 Å². The average Bonchev–Trinajstić information content (AvgIpc) is 1.46. The molecule has 2 radical (unpaired) electrons. The van der Waals surface area contributed by atoms with E-state index < -0.39 is 0 Å².